The van der Waals surface area contributed by atoms with Crippen LogP contribution in [0.5, 0.6) is 0 Å². The van der Waals surface area contributed by atoms with Crippen molar-refractivity contribution in [3.63, 3.8) is 0 Å². The topological polar surface area (TPSA) is 114 Å². The number of carbonyl (C=O) groups is 1. The van der Waals surface area contributed by atoms with Gasteiger partial charge >= 0.3 is 0 Å². The van der Waals surface area contributed by atoms with Crippen LogP contribution < -0.4 is 0 Å². The van der Waals surface area contributed by atoms with E-state index in [1.54, 1.807) is 18.7 Å². The number of nitrogens with one attached hydrogen (secondary N) is 1. The zero-order valence-electron chi connectivity index (χ0n) is 13.8. The van der Waals surface area contributed by atoms with E-state index in [0.717, 1.165) is 6.26 Å². The van der Waals surface area contributed by atoms with Crippen molar-refractivity contribution in [3.8, 4) is 0 Å². The second-order valence-corrected chi connectivity index (χ2v) is 8.54. The summed E-state index contributed by atoms with van der Waals surface area (Å²) in [4.78, 5) is 18.7. The molecule has 1 amide bonds. The lowest BCUT2D eigenvalue weighted by Crippen LogP contribution is -2.46. The number of hydrogen-bond donors (Lipinski definition) is 1. The second-order valence-electron chi connectivity index (χ2n) is 6.56. The van der Waals surface area contributed by atoms with Crippen molar-refractivity contribution in [2.24, 2.45) is 0 Å². The van der Waals surface area contributed by atoms with Crippen molar-refractivity contribution in [2.75, 3.05) is 19.3 Å². The monoisotopic (exact) mass is 352 g/mol. The van der Waals surface area contributed by atoms with E-state index in [0.29, 0.717) is 25.2 Å². The van der Waals surface area contributed by atoms with Crippen LogP contribution in [0.2, 0.25) is 0 Å². The molecule has 24 heavy (non-hydrogen) atoms. The number of aromatic nitrogens is 5. The molecule has 9 nitrogen and oxygen atoms in total. The fraction of sp³-hybridized carbons (Fsp3) is 0.571. The van der Waals surface area contributed by atoms with Crippen molar-refractivity contribution >= 4 is 15.7 Å². The molecule has 0 bridgehead atoms. The Morgan fingerprint density at radius 2 is 2.17 bits per heavy atom. The van der Waals surface area contributed by atoms with E-state index in [1.165, 1.54) is 23.5 Å². The van der Waals surface area contributed by atoms with Crippen molar-refractivity contribution in [2.45, 2.75) is 36.6 Å². The molecule has 1 aliphatic heterocycles. The van der Waals surface area contributed by atoms with Crippen LogP contribution in [-0.2, 0) is 20.2 Å². The highest BCUT2D eigenvalue weighted by Crippen LogP contribution is 2.32. The number of carbonyl (C=O) groups excluding carboxylic acids is 1. The van der Waals surface area contributed by atoms with Crippen LogP contribution in [-0.4, -0.2) is 63.5 Å². The third kappa shape index (κ3) is 2.81. The van der Waals surface area contributed by atoms with Gasteiger partial charge in [-0.2, -0.15) is 10.2 Å². The quantitative estimate of drug-likeness (QED) is 0.838. The molecular weight excluding hydrogens is 332 g/mol. The molecule has 2 aromatic rings. The molecule has 0 saturated carbocycles. The fourth-order valence-electron chi connectivity index (χ4n) is 3.04. The van der Waals surface area contributed by atoms with E-state index < -0.39 is 15.4 Å². The number of hydrogen-bond acceptors (Lipinski definition) is 6. The highest BCUT2D eigenvalue weighted by molar-refractivity contribution is 7.90. The standard InChI is InChI=1S/C14H20N6O3S/c1-14(2,20-9-15-8-17-20)13(21)19-5-4-10(7-19)12-11(6-16-18-12)24(3,22)23/h6,8-10H,4-5,7H2,1-3H3,(H,16,18)/t10-/m0/s1. The van der Waals surface area contributed by atoms with E-state index in [1.807, 2.05) is 0 Å². The lowest BCUT2D eigenvalue weighted by atomic mass is 10.0. The number of rotatable bonds is 4. The van der Waals surface area contributed by atoms with Gasteiger partial charge in [0.15, 0.2) is 9.84 Å². The maximum atomic E-state index is 12.9. The summed E-state index contributed by atoms with van der Waals surface area (Å²) in [6, 6.07) is 0. The largest absolute Gasteiger partial charge is 0.340 e. The Morgan fingerprint density at radius 1 is 1.42 bits per heavy atom. The highest BCUT2D eigenvalue weighted by atomic mass is 32.2. The molecule has 1 aliphatic rings. The molecule has 0 spiro atoms. The lowest BCUT2D eigenvalue weighted by Gasteiger charge is -2.29. The second kappa shape index (κ2) is 5.69. The first-order valence-electron chi connectivity index (χ1n) is 7.59. The zero-order valence-corrected chi connectivity index (χ0v) is 14.6. The van der Waals surface area contributed by atoms with Gasteiger partial charge in [0.25, 0.3) is 0 Å². The predicted octanol–water partition coefficient (Wildman–Crippen LogP) is 0.156. The van der Waals surface area contributed by atoms with Crippen LogP contribution in [0.15, 0.2) is 23.7 Å². The van der Waals surface area contributed by atoms with Crippen LogP contribution in [0, 0.1) is 0 Å². The van der Waals surface area contributed by atoms with Crippen LogP contribution in [0.4, 0.5) is 0 Å². The summed E-state index contributed by atoms with van der Waals surface area (Å²) < 4.78 is 25.2. The average Bonchev–Trinajstić information content (AvgIpc) is 3.23. The van der Waals surface area contributed by atoms with Crippen molar-refractivity contribution < 1.29 is 13.2 Å². The molecule has 10 heteroatoms. The molecule has 1 fully saturated rings. The molecule has 0 aromatic carbocycles. The summed E-state index contributed by atoms with van der Waals surface area (Å²) in [6.07, 6.45) is 6.08. The molecule has 3 rings (SSSR count). The summed E-state index contributed by atoms with van der Waals surface area (Å²) in [5.41, 5.74) is -0.273. The van der Waals surface area contributed by atoms with E-state index in [-0.39, 0.29) is 16.7 Å². The van der Waals surface area contributed by atoms with Crippen molar-refractivity contribution in [3.05, 3.63) is 24.5 Å². The third-order valence-electron chi connectivity index (χ3n) is 4.43. The van der Waals surface area contributed by atoms with Crippen LogP contribution in [0.1, 0.15) is 31.9 Å². The average molecular weight is 352 g/mol. The van der Waals surface area contributed by atoms with Gasteiger partial charge in [-0.15, -0.1) is 0 Å². The molecular formula is C14H20N6O3S. The lowest BCUT2D eigenvalue weighted by molar-refractivity contribution is -0.138. The molecule has 3 heterocycles. The Morgan fingerprint density at radius 3 is 2.79 bits per heavy atom. The van der Waals surface area contributed by atoms with E-state index in [4.69, 9.17) is 0 Å². The summed E-state index contributed by atoms with van der Waals surface area (Å²) >= 11 is 0. The van der Waals surface area contributed by atoms with Gasteiger partial charge in [0, 0.05) is 25.3 Å². The van der Waals surface area contributed by atoms with Gasteiger partial charge in [0.05, 0.1) is 11.9 Å². The third-order valence-corrected chi connectivity index (χ3v) is 5.55. The van der Waals surface area contributed by atoms with Crippen molar-refractivity contribution in [1.82, 2.24) is 29.9 Å². The normalized spacial score (nSPS) is 19.0. The Kier molecular flexibility index (Phi) is 3.94. The number of sulfone groups is 1. The number of H-pyrrole nitrogens is 1. The smallest absolute Gasteiger partial charge is 0.250 e. The van der Waals surface area contributed by atoms with Crippen molar-refractivity contribution in [1.29, 1.82) is 0 Å². The Bertz CT molecular complexity index is 840. The van der Waals surface area contributed by atoms with E-state index in [9.17, 15) is 13.2 Å². The molecule has 0 radical (unpaired) electrons. The predicted molar refractivity (Wildman–Crippen MR) is 85.0 cm³/mol. The maximum Gasteiger partial charge on any atom is 0.250 e. The molecule has 0 aliphatic carbocycles. The molecule has 1 saturated heterocycles. The van der Waals surface area contributed by atoms with Gasteiger partial charge in [-0.3, -0.25) is 9.89 Å². The van der Waals surface area contributed by atoms with Gasteiger partial charge in [0.2, 0.25) is 5.91 Å². The SMILES string of the molecule is CC(C)(C(=O)N1CC[C@H](c2[nH]ncc2S(C)(=O)=O)C1)n1cncn1. The maximum absolute atomic E-state index is 12.9. The van der Waals surface area contributed by atoms with Crippen LogP contribution in [0.3, 0.4) is 0 Å². The van der Waals surface area contributed by atoms with Gasteiger partial charge in [-0.25, -0.2) is 18.1 Å². The highest BCUT2D eigenvalue weighted by Gasteiger charge is 2.39. The summed E-state index contributed by atoms with van der Waals surface area (Å²) in [5, 5.41) is 10.7. The first-order chi connectivity index (χ1) is 11.2. The van der Waals surface area contributed by atoms with Gasteiger partial charge < -0.3 is 4.90 Å². The number of amides is 1. The van der Waals surface area contributed by atoms with E-state index in [2.05, 4.69) is 20.3 Å². The minimum Gasteiger partial charge on any atom is -0.340 e. The molecule has 130 valence electrons. The first kappa shape index (κ1) is 16.6. The number of likely N-dealkylation sites (tertiary alicyclic amines) is 1. The fourth-order valence-corrected chi connectivity index (χ4v) is 3.89. The van der Waals surface area contributed by atoms with Gasteiger partial charge in [0.1, 0.15) is 23.1 Å². The molecule has 2 aromatic heterocycles. The van der Waals surface area contributed by atoms with Gasteiger partial charge in [-0.05, 0) is 20.3 Å². The summed E-state index contributed by atoms with van der Waals surface area (Å²) in [5.74, 6) is -0.149. The Hall–Kier alpha value is -2.23. The van der Waals surface area contributed by atoms with E-state index >= 15 is 0 Å². The minimum atomic E-state index is -3.35. The summed E-state index contributed by atoms with van der Waals surface area (Å²) in [6.45, 7) is 4.58. The van der Waals surface area contributed by atoms with Crippen LogP contribution in [0.25, 0.3) is 0 Å². The Balaban J connectivity index is 1.79. The number of nitrogens with zero attached hydrogens (tertiary/aromatic N) is 5. The van der Waals surface area contributed by atoms with Crippen LogP contribution >= 0.6 is 0 Å². The minimum absolute atomic E-state index is 0.0732. The molecule has 0 unspecified atom stereocenters. The summed E-state index contributed by atoms with van der Waals surface area (Å²) in [7, 11) is -3.35. The first-order valence-corrected chi connectivity index (χ1v) is 9.48. The van der Waals surface area contributed by atoms with Gasteiger partial charge in [-0.1, -0.05) is 0 Å². The Labute approximate surface area is 140 Å². The molecule has 1 N–H and O–H groups in total. The number of aromatic amines is 1. The molecule has 1 atom stereocenters. The zero-order chi connectivity index (χ0) is 17.5.